The van der Waals surface area contributed by atoms with E-state index in [0.29, 0.717) is 24.3 Å². The summed E-state index contributed by atoms with van der Waals surface area (Å²) in [5.41, 5.74) is 2.14. The number of likely N-dealkylation sites (N-methyl/N-ethyl adjacent to an activating group) is 1. The van der Waals surface area contributed by atoms with Crippen LogP contribution in [0.1, 0.15) is 49.0 Å². The van der Waals surface area contributed by atoms with E-state index in [1.807, 2.05) is 37.3 Å². The molecule has 2 rings (SSSR count). The van der Waals surface area contributed by atoms with E-state index in [4.69, 9.17) is 4.74 Å². The van der Waals surface area contributed by atoms with Gasteiger partial charge in [0.1, 0.15) is 6.61 Å². The molecule has 0 saturated heterocycles. The molecule has 0 spiro atoms. The maximum absolute atomic E-state index is 12.6. The Kier molecular flexibility index (Phi) is 8.69. The summed E-state index contributed by atoms with van der Waals surface area (Å²) in [4.78, 5) is 27.0. The summed E-state index contributed by atoms with van der Waals surface area (Å²) >= 11 is 0. The number of hydrogen-bond donors (Lipinski definition) is 1. The van der Waals surface area contributed by atoms with Crippen molar-refractivity contribution in [3.05, 3.63) is 65.7 Å². The van der Waals surface area contributed by atoms with Crippen LogP contribution in [0.3, 0.4) is 0 Å². The van der Waals surface area contributed by atoms with Crippen LogP contribution in [-0.4, -0.2) is 43.0 Å². The number of nitrogens with zero attached hydrogens (tertiary/aromatic N) is 1. The molecule has 1 N–H and O–H groups in total. The lowest BCUT2D eigenvalue weighted by molar-refractivity contribution is -0.117. The van der Waals surface area contributed by atoms with Crippen LogP contribution < -0.4 is 5.32 Å². The van der Waals surface area contributed by atoms with Gasteiger partial charge < -0.3 is 15.0 Å². The second kappa shape index (κ2) is 11.2. The summed E-state index contributed by atoms with van der Waals surface area (Å²) in [7, 11) is 0. The molecule has 0 aromatic heterocycles. The Morgan fingerprint density at radius 3 is 2.18 bits per heavy atom. The Morgan fingerprint density at radius 2 is 1.61 bits per heavy atom. The first-order chi connectivity index (χ1) is 13.6. The van der Waals surface area contributed by atoms with E-state index < -0.39 is 0 Å². The fraction of sp³-hybridized carbons (Fsp3) is 0.391. The van der Waals surface area contributed by atoms with Crippen molar-refractivity contribution >= 4 is 17.6 Å². The summed E-state index contributed by atoms with van der Waals surface area (Å²) in [6, 6.07) is 16.6. The zero-order chi connectivity index (χ0) is 20.4. The van der Waals surface area contributed by atoms with Gasteiger partial charge in [-0.25, -0.2) is 4.79 Å². The monoisotopic (exact) mass is 382 g/mol. The van der Waals surface area contributed by atoms with Crippen molar-refractivity contribution in [3.8, 4) is 0 Å². The summed E-state index contributed by atoms with van der Waals surface area (Å²) in [5, 5.41) is 2.93. The predicted molar refractivity (Wildman–Crippen MR) is 113 cm³/mol. The Balaban J connectivity index is 1.91. The van der Waals surface area contributed by atoms with Gasteiger partial charge in [0.15, 0.2) is 0 Å². The lowest BCUT2D eigenvalue weighted by Gasteiger charge is -2.17. The van der Waals surface area contributed by atoms with Crippen molar-refractivity contribution in [2.24, 2.45) is 0 Å². The van der Waals surface area contributed by atoms with Crippen LogP contribution in [0.15, 0.2) is 54.6 Å². The van der Waals surface area contributed by atoms with E-state index in [2.05, 4.69) is 24.1 Å². The van der Waals surface area contributed by atoms with Gasteiger partial charge in [0.05, 0.1) is 11.5 Å². The normalized spacial score (nSPS) is 11.9. The number of esters is 1. The van der Waals surface area contributed by atoms with Crippen LogP contribution >= 0.6 is 0 Å². The van der Waals surface area contributed by atoms with Gasteiger partial charge in [-0.2, -0.15) is 0 Å². The van der Waals surface area contributed by atoms with Gasteiger partial charge in [-0.3, -0.25) is 4.79 Å². The molecule has 28 heavy (non-hydrogen) atoms. The van der Waals surface area contributed by atoms with E-state index in [-0.39, 0.29) is 17.8 Å². The molecule has 1 atom stereocenters. The third-order valence-electron chi connectivity index (χ3n) is 4.85. The molecule has 0 aliphatic rings. The number of rotatable bonds is 10. The highest BCUT2D eigenvalue weighted by atomic mass is 16.5. The van der Waals surface area contributed by atoms with Crippen molar-refractivity contribution < 1.29 is 14.3 Å². The average Bonchev–Trinajstić information content (AvgIpc) is 2.73. The number of carbonyl (C=O) groups excluding carboxylic acids is 2. The number of hydrogen-bond acceptors (Lipinski definition) is 4. The van der Waals surface area contributed by atoms with Crippen LogP contribution in [-0.2, 0) is 9.53 Å². The zero-order valence-corrected chi connectivity index (χ0v) is 17.0. The summed E-state index contributed by atoms with van der Waals surface area (Å²) in [6.07, 6.45) is 0.715. The third kappa shape index (κ3) is 6.20. The van der Waals surface area contributed by atoms with E-state index in [1.54, 1.807) is 24.3 Å². The Bertz CT molecular complexity index is 740. The predicted octanol–water partition coefficient (Wildman–Crippen LogP) is 4.32. The van der Waals surface area contributed by atoms with E-state index in [0.717, 1.165) is 25.2 Å². The summed E-state index contributed by atoms with van der Waals surface area (Å²) < 4.78 is 5.33. The standard InChI is InChI=1S/C23H30N2O3/c1-4-21(18-10-8-7-9-11-18)22(26)24-20-14-12-19(13-15-20)23(27)28-17-16-25(5-2)6-3/h7-15,21H,4-6,16-17H2,1-3H3,(H,24,26)/t21-/m1/s1. The molecule has 0 aliphatic carbocycles. The van der Waals surface area contributed by atoms with Gasteiger partial charge in [-0.15, -0.1) is 0 Å². The number of carbonyl (C=O) groups is 2. The molecule has 2 aromatic carbocycles. The Morgan fingerprint density at radius 1 is 0.964 bits per heavy atom. The number of anilines is 1. The van der Waals surface area contributed by atoms with Gasteiger partial charge in [0.2, 0.25) is 5.91 Å². The molecule has 0 aliphatic heterocycles. The van der Waals surface area contributed by atoms with Crippen LogP contribution in [0, 0.1) is 0 Å². The molecular formula is C23H30N2O3. The molecular weight excluding hydrogens is 352 g/mol. The maximum Gasteiger partial charge on any atom is 0.338 e. The molecule has 1 amide bonds. The van der Waals surface area contributed by atoms with Crippen LogP contribution in [0.25, 0.3) is 0 Å². The fourth-order valence-corrected chi connectivity index (χ4v) is 3.07. The van der Waals surface area contributed by atoms with Crippen molar-refractivity contribution in [2.45, 2.75) is 33.1 Å². The summed E-state index contributed by atoms with van der Waals surface area (Å²) in [5.74, 6) is -0.602. The smallest absolute Gasteiger partial charge is 0.338 e. The molecule has 2 aromatic rings. The minimum Gasteiger partial charge on any atom is -0.461 e. The van der Waals surface area contributed by atoms with Crippen LogP contribution in [0.4, 0.5) is 5.69 Å². The number of amides is 1. The minimum atomic E-state index is -0.347. The highest BCUT2D eigenvalue weighted by Crippen LogP contribution is 2.21. The van der Waals surface area contributed by atoms with Crippen LogP contribution in [0.2, 0.25) is 0 Å². The highest BCUT2D eigenvalue weighted by Gasteiger charge is 2.18. The molecule has 0 bridgehead atoms. The van der Waals surface area contributed by atoms with E-state index in [9.17, 15) is 9.59 Å². The van der Waals surface area contributed by atoms with Gasteiger partial charge in [-0.1, -0.05) is 51.1 Å². The van der Waals surface area contributed by atoms with E-state index >= 15 is 0 Å². The molecule has 0 saturated carbocycles. The second-order valence-electron chi connectivity index (χ2n) is 6.60. The highest BCUT2D eigenvalue weighted by molar-refractivity contribution is 5.96. The average molecular weight is 383 g/mol. The molecule has 0 fully saturated rings. The number of nitrogens with one attached hydrogen (secondary N) is 1. The van der Waals surface area contributed by atoms with E-state index in [1.165, 1.54) is 0 Å². The molecule has 5 nitrogen and oxygen atoms in total. The SMILES string of the molecule is CC[C@@H](C(=O)Nc1ccc(C(=O)OCCN(CC)CC)cc1)c1ccccc1. The molecule has 5 heteroatoms. The third-order valence-corrected chi connectivity index (χ3v) is 4.85. The first-order valence-corrected chi connectivity index (χ1v) is 9.94. The van der Waals surface area contributed by atoms with Crippen molar-refractivity contribution in [1.82, 2.24) is 4.90 Å². The quantitative estimate of drug-likeness (QED) is 0.622. The second-order valence-corrected chi connectivity index (χ2v) is 6.60. The lowest BCUT2D eigenvalue weighted by atomic mass is 9.95. The van der Waals surface area contributed by atoms with Gasteiger partial charge in [0, 0.05) is 12.2 Å². The van der Waals surface area contributed by atoms with Gasteiger partial charge >= 0.3 is 5.97 Å². The maximum atomic E-state index is 12.6. The zero-order valence-electron chi connectivity index (χ0n) is 17.0. The van der Waals surface area contributed by atoms with Crippen molar-refractivity contribution in [1.29, 1.82) is 0 Å². The number of benzene rings is 2. The molecule has 150 valence electrons. The first kappa shape index (κ1) is 21.6. The van der Waals surface area contributed by atoms with Crippen molar-refractivity contribution in [3.63, 3.8) is 0 Å². The van der Waals surface area contributed by atoms with Crippen molar-refractivity contribution in [2.75, 3.05) is 31.6 Å². The van der Waals surface area contributed by atoms with Gasteiger partial charge in [-0.05, 0) is 49.3 Å². The molecule has 0 unspecified atom stereocenters. The topological polar surface area (TPSA) is 58.6 Å². The van der Waals surface area contributed by atoms with Crippen LogP contribution in [0.5, 0.6) is 0 Å². The Labute approximate surface area is 167 Å². The molecule has 0 heterocycles. The fourth-order valence-electron chi connectivity index (χ4n) is 3.07. The summed E-state index contributed by atoms with van der Waals surface area (Å²) in [6.45, 7) is 9.13. The van der Waals surface area contributed by atoms with Gasteiger partial charge in [0.25, 0.3) is 0 Å². The Hall–Kier alpha value is -2.66. The first-order valence-electron chi connectivity index (χ1n) is 9.94. The lowest BCUT2D eigenvalue weighted by Crippen LogP contribution is -2.27. The molecule has 0 radical (unpaired) electrons. The number of ether oxygens (including phenoxy) is 1. The largest absolute Gasteiger partial charge is 0.461 e. The minimum absolute atomic E-state index is 0.0525.